The summed E-state index contributed by atoms with van der Waals surface area (Å²) < 4.78 is 16.0. The zero-order valence-electron chi connectivity index (χ0n) is 18.7. The van der Waals surface area contributed by atoms with Crippen LogP contribution in [0.3, 0.4) is 0 Å². The molecule has 2 aliphatic rings. The molecule has 0 bridgehead atoms. The van der Waals surface area contributed by atoms with E-state index in [-0.39, 0.29) is 22.6 Å². The summed E-state index contributed by atoms with van der Waals surface area (Å²) in [5.74, 6) is -5.63. The van der Waals surface area contributed by atoms with Crippen molar-refractivity contribution in [2.45, 2.75) is 0 Å². The molecule has 174 valence electrons. The standard InChI is InChI=1S/C28H20O7/c1-33-17-13-10-16(11-14-17)12-15-20(23-25(29)18-6-2-4-8-21(18)34-27(23)31)24-26(30)19-7-3-5-9-22(19)35-28(24)32/h2-15,20,23-24H,1H3/b15-12+. The van der Waals surface area contributed by atoms with Crippen LogP contribution in [0.15, 0.2) is 78.9 Å². The second-order valence-electron chi connectivity index (χ2n) is 8.23. The van der Waals surface area contributed by atoms with Gasteiger partial charge in [0.2, 0.25) is 0 Å². The largest absolute Gasteiger partial charge is 0.497 e. The molecule has 3 aromatic carbocycles. The summed E-state index contributed by atoms with van der Waals surface area (Å²) in [7, 11) is 1.55. The van der Waals surface area contributed by atoms with Crippen LogP contribution >= 0.6 is 0 Å². The zero-order valence-corrected chi connectivity index (χ0v) is 18.7. The summed E-state index contributed by atoms with van der Waals surface area (Å²) >= 11 is 0. The number of Topliss-reactive ketones (excluding diaryl/α,β-unsaturated/α-hetero) is 2. The number of allylic oxidation sites excluding steroid dienone is 1. The van der Waals surface area contributed by atoms with Gasteiger partial charge in [0.1, 0.15) is 29.1 Å². The molecule has 2 heterocycles. The third-order valence-electron chi connectivity index (χ3n) is 6.20. The van der Waals surface area contributed by atoms with E-state index in [2.05, 4.69) is 0 Å². The highest BCUT2D eigenvalue weighted by molar-refractivity contribution is 6.17. The fourth-order valence-corrected chi connectivity index (χ4v) is 4.43. The highest BCUT2D eigenvalue weighted by atomic mass is 16.5. The number of para-hydroxylation sites is 2. The molecule has 5 rings (SSSR count). The van der Waals surface area contributed by atoms with Crippen LogP contribution in [-0.4, -0.2) is 30.6 Å². The summed E-state index contributed by atoms with van der Waals surface area (Å²) in [5.41, 5.74) is 1.17. The van der Waals surface area contributed by atoms with Gasteiger partial charge in [0, 0.05) is 5.92 Å². The summed E-state index contributed by atoms with van der Waals surface area (Å²) in [4.78, 5) is 53.0. The monoisotopic (exact) mass is 468 g/mol. The van der Waals surface area contributed by atoms with Crippen LogP contribution in [0.5, 0.6) is 17.2 Å². The number of ether oxygens (including phenoxy) is 3. The van der Waals surface area contributed by atoms with E-state index in [0.29, 0.717) is 5.75 Å². The van der Waals surface area contributed by atoms with E-state index in [1.165, 1.54) is 18.2 Å². The maximum atomic E-state index is 13.5. The number of rotatable bonds is 5. The fraction of sp³-hybridized carbons (Fsp3) is 0.143. The Hall–Kier alpha value is -4.52. The fourth-order valence-electron chi connectivity index (χ4n) is 4.43. The van der Waals surface area contributed by atoms with Crippen molar-refractivity contribution in [1.82, 2.24) is 0 Å². The van der Waals surface area contributed by atoms with Crippen LogP contribution in [0.1, 0.15) is 26.3 Å². The predicted octanol–water partition coefficient (Wildman–Crippen LogP) is 4.16. The molecular weight excluding hydrogens is 448 g/mol. The van der Waals surface area contributed by atoms with Crippen LogP contribution in [0.4, 0.5) is 0 Å². The number of methoxy groups -OCH3 is 1. The number of ketones is 2. The van der Waals surface area contributed by atoms with E-state index in [1.54, 1.807) is 73.8 Å². The number of hydrogen-bond acceptors (Lipinski definition) is 7. The molecule has 0 amide bonds. The Morgan fingerprint density at radius 2 is 1.20 bits per heavy atom. The van der Waals surface area contributed by atoms with Crippen molar-refractivity contribution in [1.29, 1.82) is 0 Å². The maximum absolute atomic E-state index is 13.5. The quantitative estimate of drug-likeness (QED) is 0.315. The Balaban J connectivity index is 1.59. The highest BCUT2D eigenvalue weighted by Crippen LogP contribution is 2.39. The summed E-state index contributed by atoms with van der Waals surface area (Å²) in [6.07, 6.45) is 3.20. The third-order valence-corrected chi connectivity index (χ3v) is 6.20. The van der Waals surface area contributed by atoms with Gasteiger partial charge in [0.15, 0.2) is 11.6 Å². The molecule has 0 aliphatic carbocycles. The topological polar surface area (TPSA) is 96.0 Å². The lowest BCUT2D eigenvalue weighted by Gasteiger charge is -2.32. The van der Waals surface area contributed by atoms with E-state index in [1.807, 2.05) is 0 Å². The summed E-state index contributed by atoms with van der Waals surface area (Å²) in [5, 5.41) is 0. The number of esters is 2. The Kier molecular flexibility index (Phi) is 5.74. The smallest absolute Gasteiger partial charge is 0.322 e. The van der Waals surface area contributed by atoms with Gasteiger partial charge < -0.3 is 14.2 Å². The molecule has 2 aliphatic heterocycles. The van der Waals surface area contributed by atoms with Crippen LogP contribution in [-0.2, 0) is 9.59 Å². The van der Waals surface area contributed by atoms with Crippen molar-refractivity contribution in [2.24, 2.45) is 17.8 Å². The molecule has 7 heteroatoms. The van der Waals surface area contributed by atoms with Gasteiger partial charge in [-0.15, -0.1) is 0 Å². The van der Waals surface area contributed by atoms with Crippen molar-refractivity contribution in [3.8, 4) is 17.2 Å². The van der Waals surface area contributed by atoms with Crippen LogP contribution in [0, 0.1) is 17.8 Å². The number of carbonyl (C=O) groups is 4. The molecule has 0 N–H and O–H groups in total. The van der Waals surface area contributed by atoms with Gasteiger partial charge in [-0.3, -0.25) is 19.2 Å². The molecule has 0 saturated heterocycles. The lowest BCUT2D eigenvalue weighted by molar-refractivity contribution is -0.143. The Morgan fingerprint density at radius 3 is 1.69 bits per heavy atom. The number of hydrogen-bond donors (Lipinski definition) is 0. The Bertz CT molecular complexity index is 1290. The minimum atomic E-state index is -1.40. The normalized spacial score (nSPS) is 20.0. The molecule has 0 spiro atoms. The third kappa shape index (κ3) is 4.01. The second kappa shape index (κ2) is 9.02. The second-order valence-corrected chi connectivity index (χ2v) is 8.23. The van der Waals surface area contributed by atoms with Gasteiger partial charge in [-0.25, -0.2) is 0 Å². The first-order valence-corrected chi connectivity index (χ1v) is 11.0. The van der Waals surface area contributed by atoms with Crippen LogP contribution in [0.2, 0.25) is 0 Å². The average molecular weight is 468 g/mol. The number of carbonyl (C=O) groups excluding carboxylic acids is 4. The molecule has 35 heavy (non-hydrogen) atoms. The first-order chi connectivity index (χ1) is 17.0. The molecule has 7 nitrogen and oxygen atoms in total. The highest BCUT2D eigenvalue weighted by Gasteiger charge is 2.50. The first kappa shape index (κ1) is 22.3. The maximum Gasteiger partial charge on any atom is 0.322 e. The summed E-state index contributed by atoms with van der Waals surface area (Å²) in [6.45, 7) is 0. The van der Waals surface area contributed by atoms with Crippen LogP contribution < -0.4 is 14.2 Å². The summed E-state index contributed by atoms with van der Waals surface area (Å²) in [6, 6.07) is 19.8. The Morgan fingerprint density at radius 1 is 0.714 bits per heavy atom. The molecule has 0 fully saturated rings. The minimum Gasteiger partial charge on any atom is -0.497 e. The zero-order chi connectivity index (χ0) is 24.5. The van der Waals surface area contributed by atoms with Crippen molar-refractivity contribution in [2.75, 3.05) is 7.11 Å². The van der Waals surface area contributed by atoms with Crippen molar-refractivity contribution >= 4 is 29.6 Å². The number of fused-ring (bicyclic) bond motifs is 2. The van der Waals surface area contributed by atoms with Crippen LogP contribution in [0.25, 0.3) is 6.08 Å². The van der Waals surface area contributed by atoms with Gasteiger partial charge >= 0.3 is 11.9 Å². The van der Waals surface area contributed by atoms with Gasteiger partial charge in [-0.05, 0) is 42.0 Å². The molecule has 0 aromatic heterocycles. The molecule has 0 radical (unpaired) electrons. The predicted molar refractivity (Wildman–Crippen MR) is 125 cm³/mol. The molecule has 2 atom stereocenters. The molecular formula is C28H20O7. The minimum absolute atomic E-state index is 0.152. The Labute approximate surface area is 200 Å². The molecule has 0 saturated carbocycles. The lowest BCUT2D eigenvalue weighted by Crippen LogP contribution is -2.47. The van der Waals surface area contributed by atoms with Crippen molar-refractivity contribution in [3.63, 3.8) is 0 Å². The molecule has 2 unspecified atom stereocenters. The molecule has 3 aromatic rings. The first-order valence-electron chi connectivity index (χ1n) is 11.0. The number of benzene rings is 3. The van der Waals surface area contributed by atoms with E-state index < -0.39 is 41.3 Å². The van der Waals surface area contributed by atoms with E-state index in [9.17, 15) is 19.2 Å². The van der Waals surface area contributed by atoms with Crippen molar-refractivity contribution < 1.29 is 33.4 Å². The van der Waals surface area contributed by atoms with Gasteiger partial charge in [-0.2, -0.15) is 0 Å². The average Bonchev–Trinajstić information content (AvgIpc) is 2.87. The van der Waals surface area contributed by atoms with Gasteiger partial charge in [0.05, 0.1) is 18.2 Å². The van der Waals surface area contributed by atoms with Gasteiger partial charge in [0.25, 0.3) is 0 Å². The van der Waals surface area contributed by atoms with E-state index in [4.69, 9.17) is 14.2 Å². The van der Waals surface area contributed by atoms with Crippen molar-refractivity contribution in [3.05, 3.63) is 95.6 Å². The van der Waals surface area contributed by atoms with E-state index >= 15 is 0 Å². The van der Waals surface area contributed by atoms with E-state index in [0.717, 1.165) is 5.56 Å². The lowest BCUT2D eigenvalue weighted by atomic mass is 9.73. The van der Waals surface area contributed by atoms with Gasteiger partial charge in [-0.1, -0.05) is 48.6 Å². The SMILES string of the molecule is COc1ccc(/C=C/C(C2C(=O)Oc3ccccc3C2=O)C2C(=O)Oc3ccccc3C2=O)cc1.